The van der Waals surface area contributed by atoms with Gasteiger partial charge in [-0.05, 0) is 86.2 Å². The van der Waals surface area contributed by atoms with Crippen LogP contribution in [0.1, 0.15) is 79.9 Å². The number of nitrogens with zero attached hydrogens (tertiary/aromatic N) is 2. The molecule has 10 rings (SSSR count). The summed E-state index contributed by atoms with van der Waals surface area (Å²) in [5.74, 6) is 0.300. The highest BCUT2D eigenvalue weighted by Crippen LogP contribution is 2.59. The minimum absolute atomic E-state index is 0.0297. The van der Waals surface area contributed by atoms with Crippen molar-refractivity contribution in [2.45, 2.75) is 88.4 Å². The molecule has 0 spiro atoms. The summed E-state index contributed by atoms with van der Waals surface area (Å²) >= 11 is 0. The van der Waals surface area contributed by atoms with Gasteiger partial charge >= 0.3 is 11.9 Å². The van der Waals surface area contributed by atoms with E-state index in [1.54, 1.807) is 7.11 Å². The maximum absolute atomic E-state index is 14.5. The van der Waals surface area contributed by atoms with Gasteiger partial charge in [-0.2, -0.15) is 0 Å². The number of methoxy groups -OCH3 is 3. The van der Waals surface area contributed by atoms with Crippen LogP contribution in [0.15, 0.2) is 36.4 Å². The van der Waals surface area contributed by atoms with E-state index >= 15 is 0 Å². The lowest BCUT2D eigenvalue weighted by atomic mass is 9.56. The van der Waals surface area contributed by atoms with E-state index in [-0.39, 0.29) is 53.6 Å². The van der Waals surface area contributed by atoms with E-state index in [1.165, 1.54) is 25.2 Å². The minimum atomic E-state index is -0.944. The Bertz CT molecular complexity index is 2090. The van der Waals surface area contributed by atoms with Crippen LogP contribution in [0.2, 0.25) is 0 Å². The predicted octanol–water partition coefficient (Wildman–Crippen LogP) is 5.89. The van der Waals surface area contributed by atoms with Crippen molar-refractivity contribution in [1.82, 2.24) is 19.8 Å². The number of carbonyl (C=O) groups excluding carboxylic acids is 2. The fraction of sp³-hybridized carbons (Fsp3) is 0.581. The molecule has 10 heteroatoms. The van der Waals surface area contributed by atoms with Gasteiger partial charge in [0.15, 0.2) is 0 Å². The Morgan fingerprint density at radius 3 is 2.53 bits per heavy atom. The molecule has 282 valence electrons. The summed E-state index contributed by atoms with van der Waals surface area (Å²) < 4.78 is 17.8. The quantitative estimate of drug-likeness (QED) is 0.211. The number of ether oxygens (including phenoxy) is 3. The summed E-state index contributed by atoms with van der Waals surface area (Å²) in [7, 11) is 6.94. The molecular weight excluding hydrogens is 668 g/mol. The number of benzene rings is 2. The van der Waals surface area contributed by atoms with E-state index in [0.29, 0.717) is 25.3 Å². The SMILES string of the molecule is CC[C@H]1CC2[C@@H](c3c(OC)ccc4c5c([nH]c34)[C@]3(C(=O)OC)C[C@@H]4C[C@H](CC)[C@@H]3N(CC5)[C@@H]4O)c3[nH]c4ccccc4c3C[C@@H]([C@H]2C(=O)OC)N(C)C1. The number of rotatable bonds is 6. The molecule has 4 aromatic rings. The van der Waals surface area contributed by atoms with E-state index in [4.69, 9.17) is 14.2 Å². The van der Waals surface area contributed by atoms with Gasteiger partial charge in [0, 0.05) is 70.2 Å². The van der Waals surface area contributed by atoms with Crippen molar-refractivity contribution in [1.29, 1.82) is 0 Å². The average Bonchev–Trinajstić information content (AvgIpc) is 3.61. The van der Waals surface area contributed by atoms with Crippen LogP contribution in [0.5, 0.6) is 5.75 Å². The summed E-state index contributed by atoms with van der Waals surface area (Å²) in [5, 5.41) is 13.8. The molecular formula is C43H54N4O6. The number of likely N-dealkylation sites (N-methyl/N-ethyl adjacent to an activating group) is 1. The van der Waals surface area contributed by atoms with Gasteiger partial charge in [-0.3, -0.25) is 14.5 Å². The molecule has 4 fully saturated rings. The summed E-state index contributed by atoms with van der Waals surface area (Å²) in [4.78, 5) is 41.2. The first-order valence-corrected chi connectivity index (χ1v) is 19.8. The van der Waals surface area contributed by atoms with Crippen molar-refractivity contribution < 1.29 is 28.9 Å². The zero-order chi connectivity index (χ0) is 36.9. The van der Waals surface area contributed by atoms with E-state index < -0.39 is 11.6 Å². The number of H-pyrrole nitrogens is 2. The molecule has 11 atom stereocenters. The van der Waals surface area contributed by atoms with Gasteiger partial charge in [-0.25, -0.2) is 0 Å². The zero-order valence-electron chi connectivity index (χ0n) is 31.9. The van der Waals surface area contributed by atoms with E-state index in [2.05, 4.69) is 77.1 Å². The van der Waals surface area contributed by atoms with Gasteiger partial charge in [-0.15, -0.1) is 0 Å². The first-order chi connectivity index (χ1) is 25.7. The van der Waals surface area contributed by atoms with E-state index in [1.807, 2.05) is 0 Å². The number of aliphatic hydroxyl groups is 1. The molecule has 0 radical (unpaired) electrons. The van der Waals surface area contributed by atoms with Gasteiger partial charge in [0.25, 0.3) is 0 Å². The summed E-state index contributed by atoms with van der Waals surface area (Å²) in [6, 6.07) is 12.5. The van der Waals surface area contributed by atoms with Crippen molar-refractivity contribution >= 4 is 33.7 Å². The Labute approximate surface area is 311 Å². The van der Waals surface area contributed by atoms with Crippen molar-refractivity contribution in [3.05, 3.63) is 64.5 Å². The lowest BCUT2D eigenvalue weighted by Crippen LogP contribution is -2.70. The monoisotopic (exact) mass is 722 g/mol. The third-order valence-corrected chi connectivity index (χ3v) is 14.7. The minimum Gasteiger partial charge on any atom is -0.496 e. The second-order valence-corrected chi connectivity index (χ2v) is 16.7. The number of fused-ring (bicyclic) bond motifs is 9. The molecule has 10 nitrogen and oxygen atoms in total. The third kappa shape index (κ3) is 4.80. The number of nitrogens with one attached hydrogen (secondary N) is 2. The first-order valence-electron chi connectivity index (χ1n) is 19.8. The Hall–Kier alpha value is -3.86. The Morgan fingerprint density at radius 1 is 0.981 bits per heavy atom. The summed E-state index contributed by atoms with van der Waals surface area (Å²) in [5.41, 5.74) is 6.55. The fourth-order valence-electron chi connectivity index (χ4n) is 12.4. The maximum Gasteiger partial charge on any atom is 0.319 e. The highest BCUT2D eigenvalue weighted by atomic mass is 16.5. The Balaban J connectivity index is 1.35. The standard InChI is InChI=1S/C43H54N4O6/c1-7-22-17-29-33(41(49)52-5)31(46(3)21-22)19-28-25-11-9-10-12-30(25)44-37(28)34(29)35-32(51-4)14-13-26-27-15-16-47-39-23(8-2)18-24(40(47)48)20-43(39,42(50)53-6)38(27)45-36(26)35/h9-14,22-24,29,31,33-34,39-40,44-45,48H,7-8,15-21H2,1-6H3/t22-,23-,24-,29?,31-,33-,34-,39-,40+,43+/m0/s1. The number of aromatic nitrogens is 2. The molecule has 3 saturated heterocycles. The molecule has 2 aromatic carbocycles. The van der Waals surface area contributed by atoms with Crippen LogP contribution in [0, 0.1) is 29.6 Å². The molecule has 0 amide bonds. The van der Waals surface area contributed by atoms with Crippen molar-refractivity contribution in [3.8, 4) is 5.75 Å². The van der Waals surface area contributed by atoms with Crippen LogP contribution in [0.4, 0.5) is 0 Å². The van der Waals surface area contributed by atoms with Gasteiger partial charge in [0.1, 0.15) is 17.4 Å². The van der Waals surface area contributed by atoms with E-state index in [0.717, 1.165) is 83.3 Å². The Morgan fingerprint density at radius 2 is 1.79 bits per heavy atom. The topological polar surface area (TPSA) is 120 Å². The summed E-state index contributed by atoms with van der Waals surface area (Å²) in [6.45, 7) is 6.04. The van der Waals surface area contributed by atoms with Gasteiger partial charge in [-0.1, -0.05) is 44.9 Å². The molecule has 6 bridgehead atoms. The number of carbonyl (C=O) groups is 2. The molecule has 53 heavy (non-hydrogen) atoms. The lowest BCUT2D eigenvalue weighted by Gasteiger charge is -2.59. The van der Waals surface area contributed by atoms with Crippen molar-refractivity contribution in [3.63, 3.8) is 0 Å². The second kappa shape index (κ2) is 12.9. The highest BCUT2D eigenvalue weighted by molar-refractivity contribution is 5.95. The fourth-order valence-corrected chi connectivity index (χ4v) is 12.4. The number of hydrogen-bond donors (Lipinski definition) is 3. The highest BCUT2D eigenvalue weighted by Gasteiger charge is 2.65. The maximum atomic E-state index is 14.5. The van der Waals surface area contributed by atoms with Gasteiger partial charge < -0.3 is 34.2 Å². The number of aromatic amines is 2. The van der Waals surface area contributed by atoms with Crippen LogP contribution in [-0.2, 0) is 37.3 Å². The zero-order valence-corrected chi connectivity index (χ0v) is 31.9. The van der Waals surface area contributed by atoms with Crippen molar-refractivity contribution in [2.24, 2.45) is 29.6 Å². The number of aliphatic hydroxyl groups excluding tert-OH is 1. The number of likely N-dealkylation sites (tertiary alicyclic amines) is 1. The smallest absolute Gasteiger partial charge is 0.319 e. The summed E-state index contributed by atoms with van der Waals surface area (Å²) in [6.07, 6.45) is 5.09. The molecule has 6 aliphatic rings. The van der Waals surface area contributed by atoms with Crippen molar-refractivity contribution in [2.75, 3.05) is 41.5 Å². The molecule has 3 N–H and O–H groups in total. The van der Waals surface area contributed by atoms with Gasteiger partial charge in [0.05, 0.1) is 32.8 Å². The molecule has 2 aromatic heterocycles. The molecule has 2 unspecified atom stereocenters. The van der Waals surface area contributed by atoms with Gasteiger partial charge in [0.2, 0.25) is 0 Å². The molecule has 6 heterocycles. The van der Waals surface area contributed by atoms with Crippen LogP contribution in [-0.4, -0.2) is 96.6 Å². The Kier molecular flexibility index (Phi) is 8.48. The third-order valence-electron chi connectivity index (χ3n) is 14.7. The van der Waals surface area contributed by atoms with Crippen LogP contribution < -0.4 is 4.74 Å². The number of hydrogen-bond acceptors (Lipinski definition) is 8. The molecule has 1 saturated carbocycles. The van der Waals surface area contributed by atoms with Crippen LogP contribution in [0.25, 0.3) is 21.8 Å². The number of piperidine rings is 2. The van der Waals surface area contributed by atoms with Crippen LogP contribution in [0.3, 0.4) is 0 Å². The number of esters is 2. The number of para-hydroxylation sites is 1. The predicted molar refractivity (Wildman–Crippen MR) is 203 cm³/mol. The van der Waals surface area contributed by atoms with E-state index in [9.17, 15) is 14.7 Å². The molecule has 4 aliphatic heterocycles. The lowest BCUT2D eigenvalue weighted by molar-refractivity contribution is -0.196. The first kappa shape index (κ1) is 34.9. The normalized spacial score (nSPS) is 34.8. The average molecular weight is 723 g/mol. The second-order valence-electron chi connectivity index (χ2n) is 16.7. The van der Waals surface area contributed by atoms with Crippen LogP contribution >= 0.6 is 0 Å². The largest absolute Gasteiger partial charge is 0.496 e. The molecule has 2 aliphatic carbocycles.